The second-order valence-corrected chi connectivity index (χ2v) is 4.88. The Kier molecular flexibility index (Phi) is 4.43. The molecule has 0 amide bonds. The van der Waals surface area contributed by atoms with Gasteiger partial charge in [0.2, 0.25) is 5.78 Å². The van der Waals surface area contributed by atoms with Crippen molar-refractivity contribution in [2.45, 2.75) is 0 Å². The first kappa shape index (κ1) is 13.5. The minimum Gasteiger partial charge on any atom is -0.513 e. The summed E-state index contributed by atoms with van der Waals surface area (Å²) in [7, 11) is 0. The summed E-state index contributed by atoms with van der Waals surface area (Å²) in [6, 6.07) is 10.1. The fourth-order valence-corrected chi connectivity index (χ4v) is 2.08. The highest BCUT2D eigenvalue weighted by Crippen LogP contribution is 2.19. The van der Waals surface area contributed by atoms with Crippen LogP contribution in [0.5, 0.6) is 0 Å². The van der Waals surface area contributed by atoms with Gasteiger partial charge in [-0.1, -0.05) is 17.7 Å². The van der Waals surface area contributed by atoms with E-state index >= 15 is 0 Å². The monoisotopic (exact) mass is 292 g/mol. The summed E-state index contributed by atoms with van der Waals surface area (Å²) in [6.07, 6.45) is 0.654. The van der Waals surface area contributed by atoms with Gasteiger partial charge in [0.05, 0.1) is 10.6 Å². The Hall–Kier alpha value is -1.98. The van der Waals surface area contributed by atoms with E-state index in [2.05, 4.69) is 10.2 Å². The number of hydrogen-bond donors (Lipinski definition) is 1. The number of allylic oxidation sites excluding steroid dienone is 1. The Morgan fingerprint density at radius 1 is 1.26 bits per heavy atom. The lowest BCUT2D eigenvalue weighted by Crippen LogP contribution is -1.98. The second-order valence-electron chi connectivity index (χ2n) is 3.50. The lowest BCUT2D eigenvalue weighted by molar-refractivity contribution is 0.103. The van der Waals surface area contributed by atoms with Crippen molar-refractivity contribution in [2.24, 2.45) is 10.2 Å². The molecule has 2 rings (SSSR count). The van der Waals surface area contributed by atoms with Gasteiger partial charge in [-0.15, -0.1) is 16.5 Å². The van der Waals surface area contributed by atoms with Crippen molar-refractivity contribution >= 4 is 34.4 Å². The van der Waals surface area contributed by atoms with Crippen molar-refractivity contribution in [1.82, 2.24) is 0 Å². The summed E-state index contributed by atoms with van der Waals surface area (Å²) >= 11 is 7.02. The van der Waals surface area contributed by atoms with Crippen LogP contribution < -0.4 is 0 Å². The third kappa shape index (κ3) is 3.49. The summed E-state index contributed by atoms with van der Waals surface area (Å²) in [5.41, 5.74) is 0.431. The molecule has 1 aromatic heterocycles. The lowest BCUT2D eigenvalue weighted by atomic mass is 10.2. The van der Waals surface area contributed by atoms with Gasteiger partial charge in [-0.25, -0.2) is 0 Å². The number of aliphatic hydroxyl groups is 1. The van der Waals surface area contributed by atoms with Crippen LogP contribution in [0.2, 0.25) is 5.02 Å². The maximum atomic E-state index is 11.9. The number of benzene rings is 1. The number of Topliss-reactive ketones (excluding diaryl/α,β-unsaturated/α-hetero) is 1. The highest BCUT2D eigenvalue weighted by Gasteiger charge is 2.13. The number of carbonyl (C=O) groups excluding carboxylic acids is 1. The van der Waals surface area contributed by atoms with E-state index in [0.29, 0.717) is 21.8 Å². The predicted molar refractivity (Wildman–Crippen MR) is 75.3 cm³/mol. The number of carbonyl (C=O) groups is 1. The van der Waals surface area contributed by atoms with Crippen LogP contribution in [-0.2, 0) is 0 Å². The van der Waals surface area contributed by atoms with E-state index in [9.17, 15) is 4.79 Å². The van der Waals surface area contributed by atoms with Gasteiger partial charge >= 0.3 is 0 Å². The van der Waals surface area contributed by atoms with E-state index in [-0.39, 0.29) is 11.5 Å². The van der Waals surface area contributed by atoms with Gasteiger partial charge in [0.1, 0.15) is 6.26 Å². The zero-order chi connectivity index (χ0) is 13.7. The van der Waals surface area contributed by atoms with E-state index < -0.39 is 0 Å². The van der Waals surface area contributed by atoms with Crippen molar-refractivity contribution in [3.05, 3.63) is 63.6 Å². The zero-order valence-electron chi connectivity index (χ0n) is 9.65. The topological polar surface area (TPSA) is 62.0 Å². The molecule has 0 bridgehead atoms. The lowest BCUT2D eigenvalue weighted by Gasteiger charge is -1.96. The molecule has 1 heterocycles. The molecule has 0 aliphatic rings. The zero-order valence-corrected chi connectivity index (χ0v) is 11.2. The predicted octanol–water partition coefficient (Wildman–Crippen LogP) is 4.77. The molecule has 0 saturated carbocycles. The van der Waals surface area contributed by atoms with Crippen molar-refractivity contribution in [1.29, 1.82) is 0 Å². The first-order chi connectivity index (χ1) is 9.20. The van der Waals surface area contributed by atoms with E-state index in [1.807, 2.05) is 0 Å². The molecule has 0 unspecified atom stereocenters. The third-order valence-electron chi connectivity index (χ3n) is 2.20. The number of azo groups is 1. The Balaban J connectivity index is 2.16. The molecule has 0 atom stereocenters. The van der Waals surface area contributed by atoms with Crippen molar-refractivity contribution < 1.29 is 9.90 Å². The molecule has 0 spiro atoms. The SMILES string of the molecule is O=C(C(=CO)N=Nc1ccc(Cl)cc1)c1cccs1. The average molecular weight is 293 g/mol. The fraction of sp³-hybridized carbons (Fsp3) is 0. The van der Waals surface area contributed by atoms with Crippen LogP contribution in [-0.4, -0.2) is 10.9 Å². The Morgan fingerprint density at radius 2 is 2.00 bits per heavy atom. The molecule has 0 aliphatic carbocycles. The maximum Gasteiger partial charge on any atom is 0.226 e. The number of aliphatic hydroxyl groups excluding tert-OH is 1. The standard InChI is InChI=1S/C13H9ClN2O2S/c14-9-3-5-10(6-4-9)15-16-11(8-17)13(18)12-2-1-7-19-12/h1-8,17H. The van der Waals surface area contributed by atoms with Crippen molar-refractivity contribution in [3.63, 3.8) is 0 Å². The summed E-state index contributed by atoms with van der Waals surface area (Å²) < 4.78 is 0. The van der Waals surface area contributed by atoms with Gasteiger partial charge in [-0.2, -0.15) is 5.11 Å². The minimum atomic E-state index is -0.366. The second kappa shape index (κ2) is 6.26. The first-order valence-electron chi connectivity index (χ1n) is 5.30. The van der Waals surface area contributed by atoms with Crippen LogP contribution in [0.3, 0.4) is 0 Å². The summed E-state index contributed by atoms with van der Waals surface area (Å²) in [6.45, 7) is 0. The van der Waals surface area contributed by atoms with Gasteiger partial charge in [-0.3, -0.25) is 4.79 Å². The summed E-state index contributed by atoms with van der Waals surface area (Å²) in [5.74, 6) is -0.366. The largest absolute Gasteiger partial charge is 0.513 e. The van der Waals surface area contributed by atoms with Crippen LogP contribution in [0.4, 0.5) is 5.69 Å². The van der Waals surface area contributed by atoms with E-state index in [4.69, 9.17) is 16.7 Å². The molecule has 0 saturated heterocycles. The van der Waals surface area contributed by atoms with Gasteiger partial charge < -0.3 is 5.11 Å². The molecular weight excluding hydrogens is 284 g/mol. The van der Waals surface area contributed by atoms with Crippen molar-refractivity contribution in [3.8, 4) is 0 Å². The fourth-order valence-electron chi connectivity index (χ4n) is 1.28. The highest BCUT2D eigenvalue weighted by atomic mass is 35.5. The first-order valence-corrected chi connectivity index (χ1v) is 6.56. The number of nitrogens with zero attached hydrogens (tertiary/aromatic N) is 2. The molecule has 0 fully saturated rings. The third-order valence-corrected chi connectivity index (χ3v) is 3.32. The van der Waals surface area contributed by atoms with E-state index in [1.54, 1.807) is 41.8 Å². The highest BCUT2D eigenvalue weighted by molar-refractivity contribution is 7.12. The number of hydrogen-bond acceptors (Lipinski definition) is 5. The minimum absolute atomic E-state index is 0.114. The number of thiophene rings is 1. The van der Waals surface area contributed by atoms with E-state index in [1.165, 1.54) is 11.3 Å². The molecule has 0 radical (unpaired) electrons. The quantitative estimate of drug-likeness (QED) is 0.382. The van der Waals surface area contributed by atoms with Crippen molar-refractivity contribution in [2.75, 3.05) is 0 Å². The molecule has 6 heteroatoms. The van der Waals surface area contributed by atoms with Crippen LogP contribution in [0.15, 0.2) is 64.0 Å². The molecule has 1 aromatic carbocycles. The molecule has 96 valence electrons. The van der Waals surface area contributed by atoms with Crippen LogP contribution in [0.25, 0.3) is 0 Å². The van der Waals surface area contributed by atoms with Gasteiger partial charge in [0.15, 0.2) is 5.70 Å². The molecular formula is C13H9ClN2O2S. The van der Waals surface area contributed by atoms with Gasteiger partial charge in [0.25, 0.3) is 0 Å². The number of halogens is 1. The normalized spacial score (nSPS) is 11.9. The van der Waals surface area contributed by atoms with Gasteiger partial charge in [-0.05, 0) is 35.7 Å². The molecule has 19 heavy (non-hydrogen) atoms. The maximum absolute atomic E-state index is 11.9. The average Bonchev–Trinajstić information content (AvgIpc) is 2.95. The van der Waals surface area contributed by atoms with Crippen LogP contribution in [0, 0.1) is 0 Å². The number of rotatable bonds is 4. The van der Waals surface area contributed by atoms with E-state index in [0.717, 1.165) is 0 Å². The van der Waals surface area contributed by atoms with Crippen LogP contribution in [0.1, 0.15) is 9.67 Å². The number of ketones is 1. The molecule has 2 aromatic rings. The summed E-state index contributed by atoms with van der Waals surface area (Å²) in [4.78, 5) is 12.4. The Bertz CT molecular complexity index is 619. The summed E-state index contributed by atoms with van der Waals surface area (Å²) in [5, 5.41) is 19.0. The Labute approximate surface area is 118 Å². The van der Waals surface area contributed by atoms with Crippen LogP contribution >= 0.6 is 22.9 Å². The smallest absolute Gasteiger partial charge is 0.226 e. The molecule has 0 aliphatic heterocycles. The molecule has 4 nitrogen and oxygen atoms in total. The van der Waals surface area contributed by atoms with Gasteiger partial charge in [0, 0.05) is 5.02 Å². The molecule has 1 N–H and O–H groups in total. The Morgan fingerprint density at radius 3 is 2.58 bits per heavy atom.